The third-order valence-corrected chi connectivity index (χ3v) is 4.93. The number of ether oxygens (including phenoxy) is 1. The molecule has 1 aliphatic carbocycles. The van der Waals surface area contributed by atoms with Crippen LogP contribution in [0.5, 0.6) is 5.75 Å². The van der Waals surface area contributed by atoms with Crippen LogP contribution in [0.3, 0.4) is 0 Å². The van der Waals surface area contributed by atoms with E-state index in [-0.39, 0.29) is 6.61 Å². The van der Waals surface area contributed by atoms with E-state index < -0.39 is 5.97 Å². The maximum absolute atomic E-state index is 12.0. The molecule has 5 heteroatoms. The van der Waals surface area contributed by atoms with Gasteiger partial charge in [-0.25, -0.2) is 9.78 Å². The monoisotopic (exact) mass is 370 g/mol. The summed E-state index contributed by atoms with van der Waals surface area (Å²) >= 11 is 0. The van der Waals surface area contributed by atoms with Crippen molar-refractivity contribution in [2.75, 3.05) is 6.61 Å². The number of allylic oxidation sites excluding steroid dienone is 1. The molecule has 0 aliphatic heterocycles. The molecule has 0 unspecified atom stereocenters. The molecule has 0 saturated heterocycles. The fourth-order valence-corrected chi connectivity index (χ4v) is 3.75. The first kappa shape index (κ1) is 17.7. The molecule has 138 valence electrons. The summed E-state index contributed by atoms with van der Waals surface area (Å²) in [6.07, 6.45) is 4.36. The fourth-order valence-electron chi connectivity index (χ4n) is 3.75. The van der Waals surface area contributed by atoms with Crippen LogP contribution in [0.2, 0.25) is 0 Å². The lowest BCUT2D eigenvalue weighted by molar-refractivity contribution is 0.0697. The summed E-state index contributed by atoms with van der Waals surface area (Å²) in [6, 6.07) is 16.9. The Morgan fingerprint density at radius 1 is 1.18 bits per heavy atom. The number of fused-ring (bicyclic) bond motifs is 2. The molecule has 1 aliphatic rings. The maximum Gasteiger partial charge on any atom is 0.336 e. The molecule has 0 spiro atoms. The average Bonchev–Trinajstić information content (AvgIpc) is 2.71. The lowest BCUT2D eigenvalue weighted by Gasteiger charge is -2.22. The number of para-hydroxylation sites is 2. The Morgan fingerprint density at radius 2 is 1.96 bits per heavy atom. The summed E-state index contributed by atoms with van der Waals surface area (Å²) in [7, 11) is 0. The van der Waals surface area contributed by atoms with Crippen molar-refractivity contribution in [3.63, 3.8) is 0 Å². The molecule has 0 fully saturated rings. The smallest absolute Gasteiger partial charge is 0.336 e. The molecule has 0 atom stereocenters. The number of aromatic nitrogens is 1. The van der Waals surface area contributed by atoms with Gasteiger partial charge >= 0.3 is 5.97 Å². The van der Waals surface area contributed by atoms with Crippen molar-refractivity contribution < 1.29 is 14.6 Å². The van der Waals surface area contributed by atoms with Gasteiger partial charge in [0.05, 0.1) is 16.8 Å². The number of nitrogens with zero attached hydrogens (tertiary/aromatic N) is 2. The molecule has 0 bridgehead atoms. The van der Waals surface area contributed by atoms with Crippen molar-refractivity contribution in [1.29, 1.82) is 5.26 Å². The van der Waals surface area contributed by atoms with Crippen LogP contribution in [-0.4, -0.2) is 22.7 Å². The third kappa shape index (κ3) is 3.21. The number of carbonyl (C=O) groups is 1. The van der Waals surface area contributed by atoms with E-state index in [9.17, 15) is 9.90 Å². The van der Waals surface area contributed by atoms with Crippen LogP contribution in [-0.2, 0) is 6.42 Å². The van der Waals surface area contributed by atoms with Gasteiger partial charge in [0, 0.05) is 10.9 Å². The fraction of sp³-hybridized carbons (Fsp3) is 0.174. The second-order valence-corrected chi connectivity index (χ2v) is 6.64. The van der Waals surface area contributed by atoms with Crippen LogP contribution in [0.1, 0.15) is 40.0 Å². The van der Waals surface area contributed by atoms with Gasteiger partial charge < -0.3 is 9.84 Å². The van der Waals surface area contributed by atoms with E-state index in [0.717, 1.165) is 35.2 Å². The van der Waals surface area contributed by atoms with Gasteiger partial charge in [0.25, 0.3) is 0 Å². The Kier molecular flexibility index (Phi) is 4.77. The molecule has 28 heavy (non-hydrogen) atoms. The first-order valence-corrected chi connectivity index (χ1v) is 9.13. The zero-order valence-electron chi connectivity index (χ0n) is 15.2. The molecule has 2 aromatic carbocycles. The Morgan fingerprint density at radius 3 is 2.79 bits per heavy atom. The summed E-state index contributed by atoms with van der Waals surface area (Å²) in [5.74, 6) is -0.295. The molecule has 3 aromatic rings. The van der Waals surface area contributed by atoms with Gasteiger partial charge in [-0.1, -0.05) is 36.4 Å². The number of pyridine rings is 1. The predicted octanol–water partition coefficient (Wildman–Crippen LogP) is 4.71. The Bertz CT molecular complexity index is 1140. The van der Waals surface area contributed by atoms with Gasteiger partial charge in [0.2, 0.25) is 0 Å². The van der Waals surface area contributed by atoms with Crippen LogP contribution >= 0.6 is 0 Å². The zero-order valence-corrected chi connectivity index (χ0v) is 15.2. The first-order valence-electron chi connectivity index (χ1n) is 9.13. The molecule has 0 radical (unpaired) electrons. The molecule has 0 amide bonds. The third-order valence-electron chi connectivity index (χ3n) is 4.93. The molecular formula is C23H18N2O3. The van der Waals surface area contributed by atoms with Gasteiger partial charge in [0.15, 0.2) is 6.61 Å². The number of carboxylic acid groups (broad SMARTS) is 1. The lowest BCUT2D eigenvalue weighted by Crippen LogP contribution is -2.13. The van der Waals surface area contributed by atoms with E-state index in [1.807, 2.05) is 60.7 Å². The first-order chi connectivity index (χ1) is 13.7. The molecule has 5 nitrogen and oxygen atoms in total. The van der Waals surface area contributed by atoms with Crippen molar-refractivity contribution in [1.82, 2.24) is 4.98 Å². The SMILES string of the molecule is N#CCOc1ccccc1/C=C1\CCCc2c1nc1ccccc1c2C(=O)O. The van der Waals surface area contributed by atoms with Crippen molar-refractivity contribution in [3.05, 3.63) is 70.9 Å². The molecule has 1 aromatic heterocycles. The van der Waals surface area contributed by atoms with Crippen molar-refractivity contribution in [2.45, 2.75) is 19.3 Å². The quantitative estimate of drug-likeness (QED) is 0.719. The van der Waals surface area contributed by atoms with E-state index in [0.29, 0.717) is 28.6 Å². The van der Waals surface area contributed by atoms with Gasteiger partial charge in [-0.2, -0.15) is 5.26 Å². The number of nitriles is 1. The van der Waals surface area contributed by atoms with E-state index in [2.05, 4.69) is 0 Å². The number of rotatable bonds is 4. The van der Waals surface area contributed by atoms with Crippen molar-refractivity contribution in [2.24, 2.45) is 0 Å². The topological polar surface area (TPSA) is 83.2 Å². The standard InChI is InChI=1S/C23H18N2O3/c24-12-13-28-20-11-4-1-6-15(20)14-16-7-5-9-18-21(23(26)27)17-8-2-3-10-19(17)25-22(16)18/h1-4,6,8,10-11,14H,5,7,9,13H2,(H,26,27)/b16-14+. The Hall–Kier alpha value is -3.65. The van der Waals surface area contributed by atoms with E-state index in [1.165, 1.54) is 0 Å². The van der Waals surface area contributed by atoms with E-state index in [1.54, 1.807) is 0 Å². The summed E-state index contributed by atoms with van der Waals surface area (Å²) in [5, 5.41) is 19.3. The molecule has 1 N–H and O–H groups in total. The Labute approximate surface area is 162 Å². The number of hydrogen-bond donors (Lipinski definition) is 1. The van der Waals surface area contributed by atoms with Gasteiger partial charge in [-0.3, -0.25) is 0 Å². The minimum atomic E-state index is -0.922. The van der Waals surface area contributed by atoms with Gasteiger partial charge in [0.1, 0.15) is 11.8 Å². The minimum Gasteiger partial charge on any atom is -0.478 e. The van der Waals surface area contributed by atoms with Crippen LogP contribution in [0.25, 0.3) is 22.6 Å². The average molecular weight is 370 g/mol. The summed E-state index contributed by atoms with van der Waals surface area (Å²) < 4.78 is 5.53. The maximum atomic E-state index is 12.0. The van der Waals surface area contributed by atoms with Crippen LogP contribution in [0, 0.1) is 11.3 Å². The highest BCUT2D eigenvalue weighted by molar-refractivity contribution is 6.05. The van der Waals surface area contributed by atoms with Crippen molar-refractivity contribution >= 4 is 28.5 Å². The summed E-state index contributed by atoms with van der Waals surface area (Å²) in [5.41, 5.74) is 4.41. The minimum absolute atomic E-state index is 0.0250. The molecule has 4 rings (SSSR count). The van der Waals surface area contributed by atoms with Crippen LogP contribution in [0.15, 0.2) is 48.5 Å². The van der Waals surface area contributed by atoms with E-state index in [4.69, 9.17) is 15.0 Å². The van der Waals surface area contributed by atoms with Gasteiger partial charge in [-0.05, 0) is 48.6 Å². The number of aromatic carboxylic acids is 1. The highest BCUT2D eigenvalue weighted by Gasteiger charge is 2.24. The highest BCUT2D eigenvalue weighted by Crippen LogP contribution is 2.37. The zero-order chi connectivity index (χ0) is 19.5. The van der Waals surface area contributed by atoms with E-state index >= 15 is 0 Å². The second kappa shape index (κ2) is 7.53. The number of hydrogen-bond acceptors (Lipinski definition) is 4. The number of benzene rings is 2. The lowest BCUT2D eigenvalue weighted by atomic mass is 9.86. The Balaban J connectivity index is 1.90. The van der Waals surface area contributed by atoms with Crippen LogP contribution < -0.4 is 4.74 Å². The van der Waals surface area contributed by atoms with Crippen LogP contribution in [0.4, 0.5) is 0 Å². The predicted molar refractivity (Wildman–Crippen MR) is 107 cm³/mol. The molecular weight excluding hydrogens is 352 g/mol. The normalized spacial score (nSPS) is 14.5. The van der Waals surface area contributed by atoms with Gasteiger partial charge in [-0.15, -0.1) is 0 Å². The summed E-state index contributed by atoms with van der Waals surface area (Å²) in [6.45, 7) is -0.0250. The summed E-state index contributed by atoms with van der Waals surface area (Å²) in [4.78, 5) is 16.8. The van der Waals surface area contributed by atoms with Crippen molar-refractivity contribution in [3.8, 4) is 11.8 Å². The number of carboxylic acids is 1. The largest absolute Gasteiger partial charge is 0.478 e. The molecule has 1 heterocycles. The highest BCUT2D eigenvalue weighted by atomic mass is 16.5. The molecule has 0 saturated carbocycles. The second-order valence-electron chi connectivity index (χ2n) is 6.64.